The van der Waals surface area contributed by atoms with Gasteiger partial charge in [0.05, 0.1) is 12.6 Å². The fourth-order valence-electron chi connectivity index (χ4n) is 1.42. The van der Waals surface area contributed by atoms with E-state index in [2.05, 4.69) is 10.3 Å². The summed E-state index contributed by atoms with van der Waals surface area (Å²) in [6, 6.07) is 0.734. The molecule has 2 heterocycles. The highest BCUT2D eigenvalue weighted by Gasteiger charge is 2.18. The second-order valence-corrected chi connectivity index (χ2v) is 3.39. The summed E-state index contributed by atoms with van der Waals surface area (Å²) in [6.45, 7) is 1.13. The van der Waals surface area contributed by atoms with Gasteiger partial charge < -0.3 is 15.8 Å². The van der Waals surface area contributed by atoms with Crippen LogP contribution in [-0.4, -0.2) is 24.2 Å². The Balaban J connectivity index is 2.16. The molecule has 1 aliphatic heterocycles. The molecule has 2 rings (SSSR count). The quantitative estimate of drug-likeness (QED) is 0.776. The van der Waals surface area contributed by atoms with Crippen LogP contribution in [0.3, 0.4) is 0 Å². The van der Waals surface area contributed by atoms with E-state index in [0.717, 1.165) is 12.5 Å². The molecule has 1 atom stereocenters. The third-order valence-corrected chi connectivity index (χ3v) is 2.23. The molecule has 0 saturated carbocycles. The van der Waals surface area contributed by atoms with Crippen LogP contribution in [0, 0.1) is 11.6 Å². The van der Waals surface area contributed by atoms with Crippen LogP contribution in [0.25, 0.3) is 0 Å². The van der Waals surface area contributed by atoms with Crippen molar-refractivity contribution in [2.24, 2.45) is 0 Å². The summed E-state index contributed by atoms with van der Waals surface area (Å²) in [6.07, 6.45) is 0.776. The molecule has 1 fully saturated rings. The molecule has 0 bridgehead atoms. The van der Waals surface area contributed by atoms with Crippen LogP contribution < -0.4 is 11.1 Å². The zero-order chi connectivity index (χ0) is 10.8. The molecule has 0 aliphatic carbocycles. The van der Waals surface area contributed by atoms with Crippen LogP contribution in [0.2, 0.25) is 0 Å². The smallest absolute Gasteiger partial charge is 0.168 e. The van der Waals surface area contributed by atoms with Gasteiger partial charge in [-0.3, -0.25) is 0 Å². The van der Waals surface area contributed by atoms with Crippen molar-refractivity contribution >= 4 is 11.6 Å². The second-order valence-electron chi connectivity index (χ2n) is 3.39. The van der Waals surface area contributed by atoms with E-state index in [1.807, 2.05) is 0 Å². The number of aromatic nitrogens is 1. The average Bonchev–Trinajstić information content (AvgIpc) is 2.67. The molecule has 1 aromatic heterocycles. The number of nitrogens with two attached hydrogens (primary N) is 1. The Morgan fingerprint density at radius 1 is 1.47 bits per heavy atom. The Kier molecular flexibility index (Phi) is 2.68. The van der Waals surface area contributed by atoms with E-state index >= 15 is 0 Å². The van der Waals surface area contributed by atoms with Gasteiger partial charge in [0.1, 0.15) is 0 Å². The SMILES string of the molecule is Nc1nc(NC2CCOC2)c(F)cc1F. The Morgan fingerprint density at radius 3 is 2.93 bits per heavy atom. The van der Waals surface area contributed by atoms with Gasteiger partial charge in [-0.15, -0.1) is 0 Å². The Labute approximate surface area is 85.4 Å². The van der Waals surface area contributed by atoms with Crippen molar-refractivity contribution in [3.8, 4) is 0 Å². The number of nitrogens with one attached hydrogen (secondary N) is 1. The van der Waals surface area contributed by atoms with Gasteiger partial charge in [0.2, 0.25) is 0 Å². The Hall–Kier alpha value is -1.43. The zero-order valence-corrected chi connectivity index (χ0v) is 7.96. The average molecular weight is 215 g/mol. The first kappa shape index (κ1) is 10.1. The first-order valence-corrected chi connectivity index (χ1v) is 4.62. The fourth-order valence-corrected chi connectivity index (χ4v) is 1.42. The maximum absolute atomic E-state index is 13.2. The number of hydrogen-bond acceptors (Lipinski definition) is 4. The molecule has 6 heteroatoms. The molecule has 1 aliphatic rings. The lowest BCUT2D eigenvalue weighted by atomic mass is 10.2. The van der Waals surface area contributed by atoms with Gasteiger partial charge in [-0.05, 0) is 6.42 Å². The Morgan fingerprint density at radius 2 is 2.27 bits per heavy atom. The summed E-state index contributed by atoms with van der Waals surface area (Å²) in [4.78, 5) is 3.60. The van der Waals surface area contributed by atoms with E-state index in [1.54, 1.807) is 0 Å². The van der Waals surface area contributed by atoms with E-state index in [1.165, 1.54) is 0 Å². The van der Waals surface area contributed by atoms with Crippen molar-refractivity contribution in [2.75, 3.05) is 24.3 Å². The van der Waals surface area contributed by atoms with Gasteiger partial charge >= 0.3 is 0 Å². The minimum atomic E-state index is -0.847. The highest BCUT2D eigenvalue weighted by molar-refractivity contribution is 5.45. The van der Waals surface area contributed by atoms with E-state index in [9.17, 15) is 8.78 Å². The van der Waals surface area contributed by atoms with Crippen molar-refractivity contribution in [2.45, 2.75) is 12.5 Å². The van der Waals surface area contributed by atoms with E-state index in [4.69, 9.17) is 10.5 Å². The van der Waals surface area contributed by atoms with E-state index in [0.29, 0.717) is 13.2 Å². The predicted molar refractivity (Wildman–Crippen MR) is 51.4 cm³/mol. The van der Waals surface area contributed by atoms with E-state index in [-0.39, 0.29) is 17.7 Å². The number of hydrogen-bond donors (Lipinski definition) is 2. The van der Waals surface area contributed by atoms with Crippen LogP contribution in [0.4, 0.5) is 20.4 Å². The summed E-state index contributed by atoms with van der Waals surface area (Å²) in [7, 11) is 0. The summed E-state index contributed by atoms with van der Waals surface area (Å²) in [5, 5.41) is 2.82. The number of pyridine rings is 1. The minimum Gasteiger partial charge on any atom is -0.381 e. The molecule has 0 amide bonds. The first-order valence-electron chi connectivity index (χ1n) is 4.62. The summed E-state index contributed by atoms with van der Waals surface area (Å²) in [5.41, 5.74) is 5.24. The Bertz CT molecular complexity index is 367. The number of halogens is 2. The fraction of sp³-hybridized carbons (Fsp3) is 0.444. The first-order chi connectivity index (χ1) is 7.16. The molecule has 1 aromatic rings. The highest BCUT2D eigenvalue weighted by atomic mass is 19.1. The monoisotopic (exact) mass is 215 g/mol. The molecule has 0 aromatic carbocycles. The summed E-state index contributed by atoms with van der Waals surface area (Å²) in [5.74, 6) is -1.92. The number of rotatable bonds is 2. The maximum atomic E-state index is 13.2. The molecular weight excluding hydrogens is 204 g/mol. The van der Waals surface area contributed by atoms with Crippen molar-refractivity contribution in [3.05, 3.63) is 17.7 Å². The lowest BCUT2D eigenvalue weighted by Crippen LogP contribution is -2.21. The van der Waals surface area contributed by atoms with E-state index < -0.39 is 11.6 Å². The summed E-state index contributed by atoms with van der Waals surface area (Å²) >= 11 is 0. The van der Waals surface area contributed by atoms with Crippen LogP contribution in [0.15, 0.2) is 6.07 Å². The lowest BCUT2D eigenvalue weighted by Gasteiger charge is -2.12. The van der Waals surface area contributed by atoms with Crippen LogP contribution in [-0.2, 0) is 4.74 Å². The van der Waals surface area contributed by atoms with Gasteiger partial charge in [-0.25, -0.2) is 13.8 Å². The third kappa shape index (κ3) is 2.15. The normalized spacial score (nSPS) is 20.5. The number of anilines is 2. The van der Waals surface area contributed by atoms with Gasteiger partial charge in [0.15, 0.2) is 23.3 Å². The topological polar surface area (TPSA) is 60.2 Å². The molecule has 15 heavy (non-hydrogen) atoms. The van der Waals surface area contributed by atoms with Gasteiger partial charge in [0, 0.05) is 12.7 Å². The standard InChI is InChI=1S/C9H11F2N3O/c10-6-3-7(11)9(14-8(6)12)13-5-1-2-15-4-5/h3,5H,1-2,4H2,(H3,12,13,14). The highest BCUT2D eigenvalue weighted by Crippen LogP contribution is 2.19. The van der Waals surface area contributed by atoms with Crippen LogP contribution >= 0.6 is 0 Å². The number of ether oxygens (including phenoxy) is 1. The molecule has 0 spiro atoms. The van der Waals surface area contributed by atoms with Crippen molar-refractivity contribution in [1.82, 2.24) is 4.98 Å². The van der Waals surface area contributed by atoms with Gasteiger partial charge in [0.25, 0.3) is 0 Å². The number of nitrogen functional groups attached to an aromatic ring is 1. The number of nitrogens with zero attached hydrogens (tertiary/aromatic N) is 1. The molecule has 3 N–H and O–H groups in total. The second kappa shape index (κ2) is 3.98. The minimum absolute atomic E-state index is 0.0110. The zero-order valence-electron chi connectivity index (χ0n) is 7.96. The van der Waals surface area contributed by atoms with Crippen LogP contribution in [0.1, 0.15) is 6.42 Å². The molecule has 82 valence electrons. The molecule has 4 nitrogen and oxygen atoms in total. The molecule has 0 radical (unpaired) electrons. The maximum Gasteiger partial charge on any atom is 0.168 e. The van der Waals surface area contributed by atoms with Gasteiger partial charge in [-0.2, -0.15) is 0 Å². The van der Waals surface area contributed by atoms with Crippen LogP contribution in [0.5, 0.6) is 0 Å². The molecule has 1 unspecified atom stereocenters. The predicted octanol–water partition coefficient (Wildman–Crippen LogP) is 1.14. The van der Waals surface area contributed by atoms with Crippen molar-refractivity contribution in [1.29, 1.82) is 0 Å². The van der Waals surface area contributed by atoms with Gasteiger partial charge in [-0.1, -0.05) is 0 Å². The molecular formula is C9H11F2N3O. The van der Waals surface area contributed by atoms with Crippen molar-refractivity contribution < 1.29 is 13.5 Å². The molecule has 1 saturated heterocycles. The summed E-state index contributed by atoms with van der Waals surface area (Å²) < 4.78 is 31.1. The largest absolute Gasteiger partial charge is 0.381 e. The van der Waals surface area contributed by atoms with Crippen molar-refractivity contribution in [3.63, 3.8) is 0 Å². The third-order valence-electron chi connectivity index (χ3n) is 2.23. The lowest BCUT2D eigenvalue weighted by molar-refractivity contribution is 0.195.